The van der Waals surface area contributed by atoms with E-state index >= 15 is 0 Å². The predicted octanol–water partition coefficient (Wildman–Crippen LogP) is 1.13. The summed E-state index contributed by atoms with van der Waals surface area (Å²) in [5, 5.41) is 3.09. The third kappa shape index (κ3) is 3.10. The summed E-state index contributed by atoms with van der Waals surface area (Å²) in [5.41, 5.74) is 0.955. The molecule has 7 nitrogen and oxygen atoms in total. The van der Waals surface area contributed by atoms with Crippen molar-refractivity contribution in [1.82, 2.24) is 24.4 Å². The lowest BCUT2D eigenvalue weighted by molar-refractivity contribution is -0.0173. The number of aromatic nitrogens is 4. The fourth-order valence-corrected chi connectivity index (χ4v) is 2.66. The normalized spacial score (nSPS) is 19.3. The lowest BCUT2D eigenvalue weighted by atomic mass is 10.2. The van der Waals surface area contributed by atoms with E-state index in [0.717, 1.165) is 42.9 Å². The molecule has 3 rings (SSSR count). The predicted molar refractivity (Wildman–Crippen MR) is 83.5 cm³/mol. The summed E-state index contributed by atoms with van der Waals surface area (Å²) in [7, 11) is 3.88. The molecule has 1 atom stereocenters. The van der Waals surface area contributed by atoms with E-state index in [-0.39, 0.29) is 6.04 Å². The summed E-state index contributed by atoms with van der Waals surface area (Å²) in [6.07, 6.45) is 3.79. The van der Waals surface area contributed by atoms with Crippen LogP contribution in [0.1, 0.15) is 23.4 Å². The number of imidazole rings is 1. The largest absolute Gasteiger partial charge is 0.378 e. The third-order valence-corrected chi connectivity index (χ3v) is 3.93. The Labute approximate surface area is 130 Å². The molecule has 2 aromatic heterocycles. The number of ether oxygens (including phenoxy) is 1. The molecule has 1 unspecified atom stereocenters. The van der Waals surface area contributed by atoms with Crippen LogP contribution in [0.4, 0.5) is 5.82 Å². The smallest absolute Gasteiger partial charge is 0.150 e. The molecule has 0 bridgehead atoms. The summed E-state index contributed by atoms with van der Waals surface area (Å²) in [5.74, 6) is 2.68. The Balaban J connectivity index is 1.86. The molecule has 0 radical (unpaired) electrons. The van der Waals surface area contributed by atoms with Crippen LogP contribution >= 0.6 is 0 Å². The zero-order valence-electron chi connectivity index (χ0n) is 13.3. The van der Waals surface area contributed by atoms with Crippen LogP contribution in [0.25, 0.3) is 0 Å². The zero-order chi connectivity index (χ0) is 15.5. The van der Waals surface area contributed by atoms with Gasteiger partial charge in [-0.1, -0.05) is 0 Å². The third-order valence-electron chi connectivity index (χ3n) is 3.93. The Kier molecular flexibility index (Phi) is 4.35. The van der Waals surface area contributed by atoms with Gasteiger partial charge in [0.25, 0.3) is 0 Å². The molecule has 1 saturated heterocycles. The second-order valence-electron chi connectivity index (χ2n) is 5.52. The highest BCUT2D eigenvalue weighted by Gasteiger charge is 2.28. The van der Waals surface area contributed by atoms with Gasteiger partial charge in [0.05, 0.1) is 25.8 Å². The first kappa shape index (κ1) is 14.9. The average Bonchev–Trinajstić information content (AvgIpc) is 2.92. The molecule has 0 amide bonds. The van der Waals surface area contributed by atoms with Crippen molar-refractivity contribution in [3.8, 4) is 0 Å². The van der Waals surface area contributed by atoms with Crippen LogP contribution in [0.3, 0.4) is 0 Å². The number of rotatable bonds is 4. The molecule has 1 N–H and O–H groups in total. The Morgan fingerprint density at radius 1 is 1.41 bits per heavy atom. The summed E-state index contributed by atoms with van der Waals surface area (Å²) >= 11 is 0. The van der Waals surface area contributed by atoms with Crippen molar-refractivity contribution in [2.24, 2.45) is 7.05 Å². The fraction of sp³-hybridized carbons (Fsp3) is 0.533. The van der Waals surface area contributed by atoms with Crippen LogP contribution in [0.2, 0.25) is 0 Å². The summed E-state index contributed by atoms with van der Waals surface area (Å²) in [6, 6.07) is 1.99. The average molecular weight is 302 g/mol. The van der Waals surface area contributed by atoms with Gasteiger partial charge in [0.15, 0.2) is 0 Å². The minimum Gasteiger partial charge on any atom is -0.378 e. The van der Waals surface area contributed by atoms with Crippen molar-refractivity contribution < 1.29 is 4.74 Å². The number of hydrogen-bond donors (Lipinski definition) is 1. The van der Waals surface area contributed by atoms with Gasteiger partial charge in [-0.05, 0) is 6.92 Å². The fourth-order valence-electron chi connectivity index (χ4n) is 2.66. The Bertz CT molecular complexity index is 641. The van der Waals surface area contributed by atoms with Crippen molar-refractivity contribution in [3.05, 3.63) is 35.8 Å². The van der Waals surface area contributed by atoms with Crippen molar-refractivity contribution in [2.45, 2.75) is 19.5 Å². The maximum absolute atomic E-state index is 5.66. The van der Waals surface area contributed by atoms with Gasteiger partial charge < -0.3 is 14.6 Å². The molecule has 3 heterocycles. The number of anilines is 1. The summed E-state index contributed by atoms with van der Waals surface area (Å²) in [6.45, 7) is 4.94. The van der Waals surface area contributed by atoms with Gasteiger partial charge in [-0.15, -0.1) is 0 Å². The first-order valence-corrected chi connectivity index (χ1v) is 7.48. The number of nitrogens with zero attached hydrogens (tertiary/aromatic N) is 5. The van der Waals surface area contributed by atoms with E-state index in [2.05, 4.69) is 25.2 Å². The van der Waals surface area contributed by atoms with Crippen LogP contribution in [0, 0.1) is 6.92 Å². The Hall–Kier alpha value is -1.99. The van der Waals surface area contributed by atoms with Crippen molar-refractivity contribution >= 4 is 5.82 Å². The molecule has 1 aliphatic heterocycles. The molecule has 0 spiro atoms. The summed E-state index contributed by atoms with van der Waals surface area (Å²) < 4.78 is 7.70. The van der Waals surface area contributed by atoms with Gasteiger partial charge in [-0.3, -0.25) is 4.90 Å². The van der Waals surface area contributed by atoms with E-state index in [1.54, 1.807) is 0 Å². The molecule has 7 heteroatoms. The van der Waals surface area contributed by atoms with E-state index in [1.165, 1.54) is 0 Å². The highest BCUT2D eigenvalue weighted by Crippen LogP contribution is 2.24. The Morgan fingerprint density at radius 2 is 2.27 bits per heavy atom. The van der Waals surface area contributed by atoms with E-state index in [0.29, 0.717) is 6.61 Å². The highest BCUT2D eigenvalue weighted by atomic mass is 16.5. The second-order valence-corrected chi connectivity index (χ2v) is 5.52. The Morgan fingerprint density at radius 3 is 3.00 bits per heavy atom. The van der Waals surface area contributed by atoms with E-state index in [9.17, 15) is 0 Å². The first-order valence-electron chi connectivity index (χ1n) is 7.48. The minimum absolute atomic E-state index is 0.0532. The van der Waals surface area contributed by atoms with Gasteiger partial charge in [0, 0.05) is 44.8 Å². The van der Waals surface area contributed by atoms with E-state index < -0.39 is 0 Å². The molecule has 2 aromatic rings. The molecule has 0 aromatic carbocycles. The molecule has 118 valence electrons. The highest BCUT2D eigenvalue weighted by molar-refractivity contribution is 5.35. The molecular weight excluding hydrogens is 280 g/mol. The molecule has 22 heavy (non-hydrogen) atoms. The minimum atomic E-state index is 0.0532. The van der Waals surface area contributed by atoms with Crippen LogP contribution < -0.4 is 5.32 Å². The quantitative estimate of drug-likeness (QED) is 0.913. The second kappa shape index (κ2) is 6.41. The first-order chi connectivity index (χ1) is 10.7. The van der Waals surface area contributed by atoms with Gasteiger partial charge in [-0.2, -0.15) is 0 Å². The number of nitrogens with one attached hydrogen (secondary N) is 1. The lowest BCUT2D eigenvalue weighted by Gasteiger charge is -2.34. The topological polar surface area (TPSA) is 68.1 Å². The summed E-state index contributed by atoms with van der Waals surface area (Å²) in [4.78, 5) is 16.0. The van der Waals surface area contributed by atoms with Gasteiger partial charge in [0.2, 0.25) is 0 Å². The van der Waals surface area contributed by atoms with Gasteiger partial charge in [-0.25, -0.2) is 15.0 Å². The monoisotopic (exact) mass is 302 g/mol. The molecule has 1 aliphatic rings. The lowest BCUT2D eigenvalue weighted by Crippen LogP contribution is -2.40. The maximum Gasteiger partial charge on any atom is 0.150 e. The number of hydrogen-bond acceptors (Lipinski definition) is 6. The standard InChI is InChI=1S/C15H22N6O/c1-11-8-13(16-2)19-15(18-11)12-10-22-7-6-21(12)9-14-17-4-5-20(14)3/h4-5,8,12H,6-7,9-10H2,1-3H3,(H,16,18,19). The van der Waals surface area contributed by atoms with Crippen LogP contribution in [0.15, 0.2) is 18.5 Å². The van der Waals surface area contributed by atoms with Crippen LogP contribution in [-0.4, -0.2) is 51.2 Å². The van der Waals surface area contributed by atoms with Crippen molar-refractivity contribution in [2.75, 3.05) is 32.1 Å². The SMILES string of the molecule is CNc1cc(C)nc(C2COCCN2Cc2nccn2C)n1. The van der Waals surface area contributed by atoms with Crippen molar-refractivity contribution in [1.29, 1.82) is 0 Å². The van der Waals surface area contributed by atoms with Crippen LogP contribution in [0.5, 0.6) is 0 Å². The van der Waals surface area contributed by atoms with Gasteiger partial charge >= 0.3 is 0 Å². The molecule has 0 aliphatic carbocycles. The van der Waals surface area contributed by atoms with E-state index in [4.69, 9.17) is 4.74 Å². The number of morpholine rings is 1. The molecule has 1 fully saturated rings. The zero-order valence-corrected chi connectivity index (χ0v) is 13.3. The van der Waals surface area contributed by atoms with Crippen LogP contribution in [-0.2, 0) is 18.3 Å². The van der Waals surface area contributed by atoms with Crippen molar-refractivity contribution in [3.63, 3.8) is 0 Å². The maximum atomic E-state index is 5.66. The van der Waals surface area contributed by atoms with E-state index in [1.807, 2.05) is 44.0 Å². The van der Waals surface area contributed by atoms with Gasteiger partial charge in [0.1, 0.15) is 17.5 Å². The molecular formula is C15H22N6O. The molecule has 0 saturated carbocycles. The number of aryl methyl sites for hydroxylation is 2.